The van der Waals surface area contributed by atoms with Crippen molar-refractivity contribution in [2.75, 3.05) is 12.0 Å². The minimum absolute atomic E-state index is 0.0678. The van der Waals surface area contributed by atoms with Crippen molar-refractivity contribution in [2.24, 2.45) is 0 Å². The fourth-order valence-electron chi connectivity index (χ4n) is 3.94. The first-order chi connectivity index (χ1) is 16.4. The standard InChI is InChI=1S/C25H16BrFN2O4S/c1-33-17-7-3-5-14(11-17)22(30)20-21(13-4-2-6-15(26)10-13)29(24(32)23(20)31)25-28-18-9-8-16(27)12-19(18)34-25/h2-12,21,30H,1H3. The summed E-state index contributed by atoms with van der Waals surface area (Å²) in [5.74, 6) is -1.92. The summed E-state index contributed by atoms with van der Waals surface area (Å²) in [6.07, 6.45) is 0. The van der Waals surface area contributed by atoms with Crippen LogP contribution < -0.4 is 9.64 Å². The minimum atomic E-state index is -0.936. The molecule has 1 N–H and O–H groups in total. The Bertz CT molecular complexity index is 1500. The smallest absolute Gasteiger partial charge is 0.301 e. The van der Waals surface area contributed by atoms with E-state index in [1.807, 2.05) is 6.07 Å². The number of nitrogens with zero attached hydrogens (tertiary/aromatic N) is 2. The van der Waals surface area contributed by atoms with E-state index in [-0.39, 0.29) is 16.5 Å². The third kappa shape index (κ3) is 3.76. The SMILES string of the molecule is COc1cccc(C(O)=C2C(=O)C(=O)N(c3nc4ccc(F)cc4s3)C2c2cccc(Br)c2)c1. The molecule has 1 aromatic heterocycles. The summed E-state index contributed by atoms with van der Waals surface area (Å²) in [6.45, 7) is 0. The van der Waals surface area contributed by atoms with Gasteiger partial charge < -0.3 is 9.84 Å². The molecule has 1 amide bonds. The predicted molar refractivity (Wildman–Crippen MR) is 131 cm³/mol. The number of halogens is 2. The Morgan fingerprint density at radius 2 is 1.91 bits per heavy atom. The number of carbonyl (C=O) groups excluding carboxylic acids is 2. The highest BCUT2D eigenvalue weighted by atomic mass is 79.9. The monoisotopic (exact) mass is 538 g/mol. The highest BCUT2D eigenvalue weighted by Gasteiger charge is 2.48. The molecule has 4 aromatic rings. The molecule has 0 radical (unpaired) electrons. The Labute approximate surface area is 206 Å². The number of hydrogen-bond donors (Lipinski definition) is 1. The number of hydrogen-bond acceptors (Lipinski definition) is 6. The Morgan fingerprint density at radius 1 is 1.12 bits per heavy atom. The topological polar surface area (TPSA) is 79.7 Å². The number of amides is 1. The summed E-state index contributed by atoms with van der Waals surface area (Å²) in [7, 11) is 1.50. The number of Topliss-reactive ketones (excluding diaryl/α,β-unsaturated/α-hetero) is 1. The number of ketones is 1. The number of aliphatic hydroxyl groups is 1. The van der Waals surface area contributed by atoms with Gasteiger partial charge in [0, 0.05) is 10.0 Å². The van der Waals surface area contributed by atoms with Crippen LogP contribution >= 0.6 is 27.3 Å². The van der Waals surface area contributed by atoms with Gasteiger partial charge >= 0.3 is 5.91 Å². The average molecular weight is 539 g/mol. The molecule has 34 heavy (non-hydrogen) atoms. The zero-order chi connectivity index (χ0) is 24.0. The molecule has 1 saturated heterocycles. The molecular formula is C25H16BrFN2O4S. The Kier molecular flexibility index (Phi) is 5.66. The number of carbonyl (C=O) groups is 2. The average Bonchev–Trinajstić information content (AvgIpc) is 3.36. The van der Waals surface area contributed by atoms with Crippen LogP contribution in [0.4, 0.5) is 9.52 Å². The highest BCUT2D eigenvalue weighted by Crippen LogP contribution is 2.44. The predicted octanol–water partition coefficient (Wildman–Crippen LogP) is 5.83. The Balaban J connectivity index is 1.74. The van der Waals surface area contributed by atoms with E-state index in [1.165, 1.54) is 30.2 Å². The van der Waals surface area contributed by atoms with Crippen LogP contribution in [0.15, 0.2) is 76.8 Å². The van der Waals surface area contributed by atoms with E-state index in [0.29, 0.717) is 27.1 Å². The van der Waals surface area contributed by atoms with Gasteiger partial charge in [0.05, 0.1) is 28.9 Å². The first-order valence-corrected chi connectivity index (χ1v) is 11.8. The normalized spacial score (nSPS) is 17.5. The molecule has 1 aliphatic heterocycles. The molecule has 1 unspecified atom stereocenters. The van der Waals surface area contributed by atoms with Gasteiger partial charge in [-0.05, 0) is 48.0 Å². The molecule has 0 bridgehead atoms. The molecule has 6 nitrogen and oxygen atoms in total. The molecule has 1 aliphatic rings. The number of methoxy groups -OCH3 is 1. The summed E-state index contributed by atoms with van der Waals surface area (Å²) in [6, 6.07) is 16.9. The number of rotatable bonds is 4. The molecule has 1 atom stereocenters. The zero-order valence-corrected chi connectivity index (χ0v) is 20.1. The summed E-state index contributed by atoms with van der Waals surface area (Å²) in [5, 5.41) is 11.5. The number of anilines is 1. The van der Waals surface area contributed by atoms with Crippen LogP contribution in [0.25, 0.3) is 16.0 Å². The lowest BCUT2D eigenvalue weighted by molar-refractivity contribution is -0.132. The highest BCUT2D eigenvalue weighted by molar-refractivity contribution is 9.10. The van der Waals surface area contributed by atoms with Crippen molar-refractivity contribution >= 4 is 60.1 Å². The summed E-state index contributed by atoms with van der Waals surface area (Å²) in [4.78, 5) is 32.3. The van der Waals surface area contributed by atoms with E-state index in [9.17, 15) is 19.1 Å². The number of thiazole rings is 1. The van der Waals surface area contributed by atoms with Crippen molar-refractivity contribution in [2.45, 2.75) is 6.04 Å². The summed E-state index contributed by atoms with van der Waals surface area (Å²) < 4.78 is 20.3. The van der Waals surface area contributed by atoms with Crippen molar-refractivity contribution in [1.82, 2.24) is 4.98 Å². The second-order valence-electron chi connectivity index (χ2n) is 7.56. The third-order valence-electron chi connectivity index (χ3n) is 5.50. The summed E-state index contributed by atoms with van der Waals surface area (Å²) in [5.41, 5.74) is 1.37. The van der Waals surface area contributed by atoms with Gasteiger partial charge in [0.25, 0.3) is 5.78 Å². The largest absolute Gasteiger partial charge is 0.507 e. The van der Waals surface area contributed by atoms with Crippen molar-refractivity contribution in [3.05, 3.63) is 93.7 Å². The van der Waals surface area contributed by atoms with Crippen molar-refractivity contribution in [3.8, 4) is 5.75 Å². The molecule has 0 spiro atoms. The van der Waals surface area contributed by atoms with Gasteiger partial charge in [0.1, 0.15) is 17.3 Å². The molecule has 1 fully saturated rings. The Hall–Kier alpha value is -3.56. The van der Waals surface area contributed by atoms with Gasteiger partial charge in [0.15, 0.2) is 5.13 Å². The minimum Gasteiger partial charge on any atom is -0.507 e. The maximum Gasteiger partial charge on any atom is 0.301 e. The molecule has 170 valence electrons. The van der Waals surface area contributed by atoms with Gasteiger partial charge in [-0.3, -0.25) is 14.5 Å². The van der Waals surface area contributed by atoms with Crippen LogP contribution in [-0.2, 0) is 9.59 Å². The molecule has 9 heteroatoms. The quantitative estimate of drug-likeness (QED) is 0.201. The van der Waals surface area contributed by atoms with Gasteiger partial charge in [-0.2, -0.15) is 0 Å². The maximum atomic E-state index is 13.8. The van der Waals surface area contributed by atoms with Crippen molar-refractivity contribution in [1.29, 1.82) is 0 Å². The van der Waals surface area contributed by atoms with Gasteiger partial charge in [-0.15, -0.1) is 0 Å². The number of fused-ring (bicyclic) bond motifs is 1. The van der Waals surface area contributed by atoms with E-state index in [0.717, 1.165) is 15.8 Å². The van der Waals surface area contributed by atoms with E-state index < -0.39 is 23.5 Å². The van der Waals surface area contributed by atoms with E-state index in [2.05, 4.69) is 20.9 Å². The molecule has 5 rings (SSSR count). The first-order valence-electron chi connectivity index (χ1n) is 10.1. The lowest BCUT2D eigenvalue weighted by Gasteiger charge is -2.23. The van der Waals surface area contributed by atoms with Crippen LogP contribution in [0.5, 0.6) is 5.75 Å². The lowest BCUT2D eigenvalue weighted by Crippen LogP contribution is -2.29. The number of aliphatic hydroxyl groups excluding tert-OH is 1. The molecule has 0 aliphatic carbocycles. The number of ether oxygens (including phenoxy) is 1. The van der Waals surface area contributed by atoms with E-state index in [1.54, 1.807) is 42.5 Å². The molecule has 2 heterocycles. The van der Waals surface area contributed by atoms with Crippen molar-refractivity contribution < 1.29 is 23.8 Å². The van der Waals surface area contributed by atoms with E-state index in [4.69, 9.17) is 4.74 Å². The molecule has 0 saturated carbocycles. The molecular weight excluding hydrogens is 523 g/mol. The van der Waals surface area contributed by atoms with Crippen LogP contribution in [0.2, 0.25) is 0 Å². The lowest BCUT2D eigenvalue weighted by atomic mass is 9.95. The maximum absolute atomic E-state index is 13.8. The fraction of sp³-hybridized carbons (Fsp3) is 0.0800. The summed E-state index contributed by atoms with van der Waals surface area (Å²) >= 11 is 4.53. The van der Waals surface area contributed by atoms with Crippen LogP contribution in [0, 0.1) is 5.82 Å². The number of benzene rings is 3. The Morgan fingerprint density at radius 3 is 2.68 bits per heavy atom. The van der Waals surface area contributed by atoms with Gasteiger partial charge in [0.2, 0.25) is 0 Å². The van der Waals surface area contributed by atoms with Gasteiger partial charge in [-0.1, -0.05) is 51.5 Å². The first kappa shape index (κ1) is 22.2. The number of aromatic nitrogens is 1. The fourth-order valence-corrected chi connectivity index (χ4v) is 5.37. The van der Waals surface area contributed by atoms with Crippen LogP contribution in [0.3, 0.4) is 0 Å². The van der Waals surface area contributed by atoms with E-state index >= 15 is 0 Å². The van der Waals surface area contributed by atoms with Crippen LogP contribution in [0.1, 0.15) is 17.2 Å². The second-order valence-corrected chi connectivity index (χ2v) is 9.49. The third-order valence-corrected chi connectivity index (χ3v) is 7.01. The molecule has 3 aromatic carbocycles. The van der Waals surface area contributed by atoms with Crippen LogP contribution in [-0.4, -0.2) is 28.9 Å². The zero-order valence-electron chi connectivity index (χ0n) is 17.7. The van der Waals surface area contributed by atoms with Gasteiger partial charge in [-0.25, -0.2) is 9.37 Å². The second kappa shape index (κ2) is 8.66. The van der Waals surface area contributed by atoms with Crippen molar-refractivity contribution in [3.63, 3.8) is 0 Å².